The van der Waals surface area contributed by atoms with Gasteiger partial charge in [-0.25, -0.2) is 4.39 Å². The zero-order valence-electron chi connectivity index (χ0n) is 13.3. The van der Waals surface area contributed by atoms with Gasteiger partial charge in [0.2, 0.25) is 5.91 Å². The van der Waals surface area contributed by atoms with Crippen molar-refractivity contribution >= 4 is 29.1 Å². The molecule has 4 nitrogen and oxygen atoms in total. The van der Waals surface area contributed by atoms with Crippen LogP contribution >= 0.6 is 23.2 Å². The number of rotatable bonds is 6. The molecule has 0 spiro atoms. The molecule has 25 heavy (non-hydrogen) atoms. The van der Waals surface area contributed by atoms with Gasteiger partial charge in [-0.05, 0) is 41.8 Å². The maximum atomic E-state index is 14.2. The van der Waals surface area contributed by atoms with Gasteiger partial charge in [0.25, 0.3) is 0 Å². The number of carbonyl (C=O) groups is 1. The third kappa shape index (κ3) is 4.63. The molecule has 1 heterocycles. The molecule has 1 aliphatic heterocycles. The van der Waals surface area contributed by atoms with E-state index in [1.807, 2.05) is 0 Å². The first-order chi connectivity index (χ1) is 12.0. The van der Waals surface area contributed by atoms with E-state index in [9.17, 15) is 9.18 Å². The van der Waals surface area contributed by atoms with Crippen LogP contribution < -0.4 is 15.4 Å². The highest BCUT2D eigenvalue weighted by molar-refractivity contribution is 6.42. The Kier molecular flexibility index (Phi) is 5.78. The Labute approximate surface area is 155 Å². The molecule has 0 bridgehead atoms. The van der Waals surface area contributed by atoms with Crippen molar-refractivity contribution in [3.8, 4) is 5.75 Å². The summed E-state index contributed by atoms with van der Waals surface area (Å²) in [5.74, 6) is -0.300. The molecule has 1 atom stereocenters. The molecule has 1 saturated heterocycles. The Morgan fingerprint density at radius 2 is 1.96 bits per heavy atom. The molecule has 7 heteroatoms. The molecule has 0 saturated carbocycles. The Morgan fingerprint density at radius 3 is 2.64 bits per heavy atom. The highest BCUT2D eigenvalue weighted by Crippen LogP contribution is 2.24. The first-order valence-electron chi connectivity index (χ1n) is 7.89. The fourth-order valence-electron chi connectivity index (χ4n) is 2.59. The van der Waals surface area contributed by atoms with E-state index in [0.29, 0.717) is 23.1 Å². The third-order valence-corrected chi connectivity index (χ3v) is 4.71. The zero-order valence-corrected chi connectivity index (χ0v) is 14.8. The topological polar surface area (TPSA) is 50.4 Å². The van der Waals surface area contributed by atoms with Crippen LogP contribution in [0.1, 0.15) is 17.5 Å². The summed E-state index contributed by atoms with van der Waals surface area (Å²) in [6.45, 7) is 1.28. The number of benzene rings is 2. The monoisotopic (exact) mass is 382 g/mol. The Hall–Kier alpha value is -1.82. The van der Waals surface area contributed by atoms with Crippen molar-refractivity contribution in [2.24, 2.45) is 0 Å². The van der Waals surface area contributed by atoms with Gasteiger partial charge < -0.3 is 15.4 Å². The number of ether oxygens (including phenoxy) is 1. The Balaban J connectivity index is 1.57. The molecular weight excluding hydrogens is 366 g/mol. The molecule has 2 aromatic carbocycles. The maximum absolute atomic E-state index is 14.2. The van der Waals surface area contributed by atoms with Gasteiger partial charge in [0.15, 0.2) is 11.6 Å². The number of amides is 1. The predicted octanol–water partition coefficient (Wildman–Crippen LogP) is 3.69. The van der Waals surface area contributed by atoms with Crippen LogP contribution in [0.2, 0.25) is 10.0 Å². The summed E-state index contributed by atoms with van der Waals surface area (Å²) in [6.07, 6.45) is 0.742. The quantitative estimate of drug-likeness (QED) is 0.800. The second-order valence-electron chi connectivity index (χ2n) is 5.82. The maximum Gasteiger partial charge on any atom is 0.237 e. The summed E-state index contributed by atoms with van der Waals surface area (Å²) < 4.78 is 19.7. The molecule has 2 aromatic rings. The summed E-state index contributed by atoms with van der Waals surface area (Å²) in [5.41, 5.74) is 1.55. The van der Waals surface area contributed by atoms with E-state index < -0.39 is 5.82 Å². The van der Waals surface area contributed by atoms with Gasteiger partial charge in [-0.3, -0.25) is 4.79 Å². The average Bonchev–Trinajstić information content (AvgIpc) is 3.00. The molecule has 1 unspecified atom stereocenters. The van der Waals surface area contributed by atoms with Crippen molar-refractivity contribution in [1.82, 2.24) is 10.6 Å². The minimum atomic E-state index is -0.449. The van der Waals surface area contributed by atoms with Crippen molar-refractivity contribution in [1.29, 1.82) is 0 Å². The standard InChI is InChI=1S/C18H17Cl2FN2O2/c19-13-3-1-12(7-14(13)20)10-25-17-4-2-11(8-15(17)21)9-23-16-5-6-22-18(16)24/h1-4,7-8,16,23H,5-6,9-10H2,(H,22,24). The number of halogens is 3. The lowest BCUT2D eigenvalue weighted by Crippen LogP contribution is -2.35. The summed E-state index contributed by atoms with van der Waals surface area (Å²) in [6, 6.07) is 9.68. The molecule has 132 valence electrons. The van der Waals surface area contributed by atoms with Crippen molar-refractivity contribution in [2.75, 3.05) is 6.54 Å². The van der Waals surface area contributed by atoms with Gasteiger partial charge in [0.05, 0.1) is 16.1 Å². The molecule has 1 fully saturated rings. The molecule has 1 amide bonds. The molecule has 3 rings (SSSR count). The second kappa shape index (κ2) is 8.04. The minimum Gasteiger partial charge on any atom is -0.486 e. The Bertz CT molecular complexity index is 786. The van der Waals surface area contributed by atoms with Gasteiger partial charge in [0.1, 0.15) is 6.61 Å². The predicted molar refractivity (Wildman–Crippen MR) is 95.4 cm³/mol. The lowest BCUT2D eigenvalue weighted by Gasteiger charge is -2.12. The molecule has 2 N–H and O–H groups in total. The smallest absolute Gasteiger partial charge is 0.237 e. The lowest BCUT2D eigenvalue weighted by molar-refractivity contribution is -0.120. The summed E-state index contributed by atoms with van der Waals surface area (Å²) >= 11 is 11.8. The van der Waals surface area contributed by atoms with E-state index in [2.05, 4.69) is 10.6 Å². The van der Waals surface area contributed by atoms with Crippen LogP contribution in [0.5, 0.6) is 5.75 Å². The molecule has 0 aromatic heterocycles. The van der Waals surface area contributed by atoms with Gasteiger partial charge in [-0.1, -0.05) is 35.3 Å². The van der Waals surface area contributed by atoms with Gasteiger partial charge in [-0.2, -0.15) is 0 Å². The first-order valence-corrected chi connectivity index (χ1v) is 8.65. The average molecular weight is 383 g/mol. The van der Waals surface area contributed by atoms with Crippen molar-refractivity contribution in [3.63, 3.8) is 0 Å². The van der Waals surface area contributed by atoms with Crippen LogP contribution in [-0.2, 0) is 17.9 Å². The Morgan fingerprint density at radius 1 is 1.16 bits per heavy atom. The van der Waals surface area contributed by atoms with E-state index in [-0.39, 0.29) is 24.3 Å². The first kappa shape index (κ1) is 18.0. The number of carbonyl (C=O) groups excluding carboxylic acids is 1. The van der Waals surface area contributed by atoms with Gasteiger partial charge in [0, 0.05) is 13.1 Å². The van der Waals surface area contributed by atoms with E-state index in [0.717, 1.165) is 17.5 Å². The molecular formula is C18H17Cl2FN2O2. The lowest BCUT2D eigenvalue weighted by atomic mass is 10.2. The van der Waals surface area contributed by atoms with Crippen LogP contribution in [0.3, 0.4) is 0 Å². The highest BCUT2D eigenvalue weighted by atomic mass is 35.5. The summed E-state index contributed by atoms with van der Waals surface area (Å²) in [7, 11) is 0. The number of nitrogens with one attached hydrogen (secondary N) is 2. The molecule has 0 aliphatic carbocycles. The van der Waals surface area contributed by atoms with Crippen molar-refractivity contribution in [3.05, 3.63) is 63.4 Å². The van der Waals surface area contributed by atoms with Gasteiger partial charge >= 0.3 is 0 Å². The third-order valence-electron chi connectivity index (χ3n) is 3.98. The van der Waals surface area contributed by atoms with E-state index in [1.165, 1.54) is 6.07 Å². The largest absolute Gasteiger partial charge is 0.486 e. The number of hydrogen-bond donors (Lipinski definition) is 2. The zero-order chi connectivity index (χ0) is 17.8. The van der Waals surface area contributed by atoms with Crippen LogP contribution in [0.25, 0.3) is 0 Å². The van der Waals surface area contributed by atoms with E-state index >= 15 is 0 Å². The second-order valence-corrected chi connectivity index (χ2v) is 6.63. The fourth-order valence-corrected chi connectivity index (χ4v) is 2.91. The van der Waals surface area contributed by atoms with E-state index in [4.69, 9.17) is 27.9 Å². The van der Waals surface area contributed by atoms with Gasteiger partial charge in [-0.15, -0.1) is 0 Å². The van der Waals surface area contributed by atoms with Crippen molar-refractivity contribution < 1.29 is 13.9 Å². The molecule has 0 radical (unpaired) electrons. The van der Waals surface area contributed by atoms with Crippen LogP contribution in [0.4, 0.5) is 4.39 Å². The number of hydrogen-bond acceptors (Lipinski definition) is 3. The van der Waals surface area contributed by atoms with Crippen molar-refractivity contribution in [2.45, 2.75) is 25.6 Å². The van der Waals surface area contributed by atoms with Crippen LogP contribution in [0.15, 0.2) is 36.4 Å². The minimum absolute atomic E-state index is 0.0120. The summed E-state index contributed by atoms with van der Waals surface area (Å²) in [5, 5.41) is 6.76. The van der Waals surface area contributed by atoms with E-state index in [1.54, 1.807) is 30.3 Å². The summed E-state index contributed by atoms with van der Waals surface area (Å²) in [4.78, 5) is 11.5. The highest BCUT2D eigenvalue weighted by Gasteiger charge is 2.23. The normalized spacial score (nSPS) is 16.8. The van der Waals surface area contributed by atoms with Crippen LogP contribution in [-0.4, -0.2) is 18.5 Å². The SMILES string of the molecule is O=C1NCCC1NCc1ccc(OCc2ccc(Cl)c(Cl)c2)c(F)c1. The fraction of sp³-hybridized carbons (Fsp3) is 0.278. The van der Waals surface area contributed by atoms with Crippen LogP contribution in [0, 0.1) is 5.82 Å². The molecule has 1 aliphatic rings.